The lowest BCUT2D eigenvalue weighted by Crippen LogP contribution is -2.15. The summed E-state index contributed by atoms with van der Waals surface area (Å²) in [6.45, 7) is 0. The van der Waals surface area contributed by atoms with E-state index in [0.717, 1.165) is 6.07 Å². The number of carboxylic acids is 1. The van der Waals surface area contributed by atoms with Crippen molar-refractivity contribution in [1.29, 1.82) is 5.26 Å². The minimum atomic E-state index is -3.92. The molecule has 0 unspecified atom stereocenters. The lowest BCUT2D eigenvalue weighted by atomic mass is 10.1. The van der Waals surface area contributed by atoms with Crippen LogP contribution < -0.4 is 10.0 Å². The molecule has 0 aliphatic carbocycles. The average molecular weight is 462 g/mol. The number of aromatic nitrogens is 1. The van der Waals surface area contributed by atoms with Crippen LogP contribution in [0.15, 0.2) is 76.1 Å². The Labute approximate surface area is 187 Å². The standard InChI is InChI=1S/C22H14N4O6S/c23-12-13-6-9-18(17(10-13)22(28)29)24-21(27)20-16-8-7-15(11-19(16)32-25-20)33(30,31)26-14-4-2-1-3-5-14/h1-11,26H,(H,24,27)(H,28,29). The van der Waals surface area contributed by atoms with Crippen LogP contribution in [0.5, 0.6) is 0 Å². The monoisotopic (exact) mass is 462 g/mol. The predicted octanol–water partition coefficient (Wildman–Crippen LogP) is 3.45. The Balaban J connectivity index is 1.62. The number of nitrogens with one attached hydrogen (secondary N) is 2. The number of aromatic carboxylic acids is 1. The van der Waals surface area contributed by atoms with Gasteiger partial charge in [0.05, 0.1) is 33.2 Å². The quantitative estimate of drug-likeness (QED) is 0.392. The number of carbonyl (C=O) groups excluding carboxylic acids is 1. The number of sulfonamides is 1. The van der Waals surface area contributed by atoms with Crippen molar-refractivity contribution in [2.75, 3.05) is 10.0 Å². The highest BCUT2D eigenvalue weighted by Crippen LogP contribution is 2.25. The van der Waals surface area contributed by atoms with Crippen LogP contribution in [0.3, 0.4) is 0 Å². The third kappa shape index (κ3) is 4.36. The van der Waals surface area contributed by atoms with Gasteiger partial charge in [0, 0.05) is 11.8 Å². The van der Waals surface area contributed by atoms with Crippen molar-refractivity contribution in [3.63, 3.8) is 0 Å². The zero-order valence-electron chi connectivity index (χ0n) is 16.6. The topological polar surface area (TPSA) is 162 Å². The van der Waals surface area contributed by atoms with Crippen LogP contribution >= 0.6 is 0 Å². The molecule has 1 amide bonds. The molecule has 10 nitrogen and oxygen atoms in total. The Morgan fingerprint density at radius 2 is 1.79 bits per heavy atom. The van der Waals surface area contributed by atoms with Crippen LogP contribution in [-0.4, -0.2) is 30.6 Å². The predicted molar refractivity (Wildman–Crippen MR) is 117 cm³/mol. The molecule has 3 aromatic carbocycles. The number of amides is 1. The van der Waals surface area contributed by atoms with Gasteiger partial charge in [-0.05, 0) is 42.5 Å². The molecule has 33 heavy (non-hydrogen) atoms. The van der Waals surface area contributed by atoms with Crippen molar-refractivity contribution in [3.05, 3.63) is 83.6 Å². The Kier molecular flexibility index (Phi) is 5.51. The summed E-state index contributed by atoms with van der Waals surface area (Å²) in [6, 6.07) is 17.8. The summed E-state index contributed by atoms with van der Waals surface area (Å²) < 4.78 is 32.9. The second-order valence-electron chi connectivity index (χ2n) is 6.79. The molecule has 164 valence electrons. The Morgan fingerprint density at radius 3 is 2.48 bits per heavy atom. The number of benzene rings is 3. The van der Waals surface area contributed by atoms with Gasteiger partial charge in [0.15, 0.2) is 11.3 Å². The molecule has 4 aromatic rings. The van der Waals surface area contributed by atoms with E-state index in [1.807, 2.05) is 6.07 Å². The number of rotatable bonds is 6. The van der Waals surface area contributed by atoms with Crippen molar-refractivity contribution in [2.24, 2.45) is 0 Å². The summed E-state index contributed by atoms with van der Waals surface area (Å²) in [5.74, 6) is -2.09. The van der Waals surface area contributed by atoms with Crippen molar-refractivity contribution in [1.82, 2.24) is 5.16 Å². The van der Waals surface area contributed by atoms with Crippen molar-refractivity contribution >= 4 is 44.2 Å². The van der Waals surface area contributed by atoms with Gasteiger partial charge in [-0.2, -0.15) is 5.26 Å². The highest BCUT2D eigenvalue weighted by Gasteiger charge is 2.22. The number of nitriles is 1. The van der Waals surface area contributed by atoms with E-state index in [-0.39, 0.29) is 38.4 Å². The number of nitrogens with zero attached hydrogens (tertiary/aromatic N) is 2. The van der Waals surface area contributed by atoms with Crippen LogP contribution in [0.4, 0.5) is 11.4 Å². The molecule has 0 fully saturated rings. The van der Waals surface area contributed by atoms with Crippen molar-refractivity contribution in [2.45, 2.75) is 4.90 Å². The van der Waals surface area contributed by atoms with Gasteiger partial charge in [-0.15, -0.1) is 0 Å². The third-order valence-electron chi connectivity index (χ3n) is 4.62. The smallest absolute Gasteiger partial charge is 0.337 e. The molecule has 1 aromatic heterocycles. The van der Waals surface area contributed by atoms with Crippen molar-refractivity contribution < 1.29 is 27.6 Å². The van der Waals surface area contributed by atoms with Gasteiger partial charge in [0.1, 0.15) is 0 Å². The molecule has 0 radical (unpaired) electrons. The first-order valence-corrected chi connectivity index (χ1v) is 10.8. The zero-order valence-corrected chi connectivity index (χ0v) is 17.5. The van der Waals surface area contributed by atoms with E-state index in [2.05, 4.69) is 15.2 Å². The van der Waals surface area contributed by atoms with Crippen LogP contribution in [0.25, 0.3) is 11.0 Å². The Hall–Kier alpha value is -4.69. The summed E-state index contributed by atoms with van der Waals surface area (Å²) >= 11 is 0. The number of hydrogen-bond donors (Lipinski definition) is 3. The van der Waals surface area contributed by atoms with Gasteiger partial charge in [0.2, 0.25) is 0 Å². The molecule has 11 heteroatoms. The number of para-hydroxylation sites is 1. The van der Waals surface area contributed by atoms with E-state index in [4.69, 9.17) is 9.78 Å². The molecular formula is C22H14N4O6S. The number of fused-ring (bicyclic) bond motifs is 1. The molecule has 0 saturated heterocycles. The molecule has 0 saturated carbocycles. The highest BCUT2D eigenvalue weighted by molar-refractivity contribution is 7.92. The number of hydrogen-bond acceptors (Lipinski definition) is 7. The summed E-state index contributed by atoms with van der Waals surface area (Å²) in [5.41, 5.74) is 0.0894. The van der Waals surface area contributed by atoms with Crippen LogP contribution in [-0.2, 0) is 10.0 Å². The average Bonchev–Trinajstić information content (AvgIpc) is 3.23. The number of carbonyl (C=O) groups is 2. The van der Waals surface area contributed by atoms with Crippen LogP contribution in [0.2, 0.25) is 0 Å². The second kappa shape index (κ2) is 8.45. The second-order valence-corrected chi connectivity index (χ2v) is 8.47. The van der Waals surface area contributed by atoms with Crippen LogP contribution in [0.1, 0.15) is 26.4 Å². The molecule has 4 rings (SSSR count). The first-order valence-electron chi connectivity index (χ1n) is 9.34. The summed E-state index contributed by atoms with van der Waals surface area (Å²) in [4.78, 5) is 24.1. The molecule has 0 bridgehead atoms. The van der Waals surface area contributed by atoms with Gasteiger partial charge < -0.3 is 14.9 Å². The lowest BCUT2D eigenvalue weighted by Gasteiger charge is -2.08. The maximum atomic E-state index is 12.7. The Morgan fingerprint density at radius 1 is 1.03 bits per heavy atom. The number of carboxylic acid groups (broad SMARTS) is 1. The van der Waals surface area contributed by atoms with E-state index in [9.17, 15) is 23.1 Å². The largest absolute Gasteiger partial charge is 0.478 e. The van der Waals surface area contributed by atoms with Gasteiger partial charge in [0.25, 0.3) is 15.9 Å². The van der Waals surface area contributed by atoms with E-state index >= 15 is 0 Å². The van der Waals surface area contributed by atoms with E-state index in [1.54, 1.807) is 30.3 Å². The molecule has 0 spiro atoms. The zero-order chi connectivity index (χ0) is 23.6. The Bertz CT molecular complexity index is 1540. The van der Waals surface area contributed by atoms with Gasteiger partial charge in [-0.1, -0.05) is 23.4 Å². The summed E-state index contributed by atoms with van der Waals surface area (Å²) in [6.07, 6.45) is 0. The molecule has 0 aliphatic heterocycles. The van der Waals surface area contributed by atoms with Crippen molar-refractivity contribution in [3.8, 4) is 6.07 Å². The van der Waals surface area contributed by atoms with E-state index in [1.165, 1.54) is 30.3 Å². The number of anilines is 2. The SMILES string of the molecule is N#Cc1ccc(NC(=O)c2noc3cc(S(=O)(=O)Nc4ccccc4)ccc23)c(C(=O)O)c1. The van der Waals surface area contributed by atoms with Crippen LogP contribution in [0, 0.1) is 11.3 Å². The normalized spacial score (nSPS) is 11.0. The summed E-state index contributed by atoms with van der Waals surface area (Å²) in [5, 5.41) is 24.7. The first kappa shape index (κ1) is 21.5. The minimum absolute atomic E-state index is 0.0334. The highest BCUT2D eigenvalue weighted by atomic mass is 32.2. The molecule has 1 heterocycles. The molecular weight excluding hydrogens is 448 g/mol. The van der Waals surface area contributed by atoms with Gasteiger partial charge >= 0.3 is 5.97 Å². The maximum absolute atomic E-state index is 12.7. The molecule has 3 N–H and O–H groups in total. The minimum Gasteiger partial charge on any atom is -0.478 e. The summed E-state index contributed by atoms with van der Waals surface area (Å²) in [7, 11) is -3.92. The van der Waals surface area contributed by atoms with Gasteiger partial charge in [-0.3, -0.25) is 9.52 Å². The lowest BCUT2D eigenvalue weighted by molar-refractivity contribution is 0.0698. The fourth-order valence-corrected chi connectivity index (χ4v) is 4.12. The van der Waals surface area contributed by atoms with E-state index in [0.29, 0.717) is 5.69 Å². The molecule has 0 aliphatic rings. The fraction of sp³-hybridized carbons (Fsp3) is 0. The maximum Gasteiger partial charge on any atom is 0.337 e. The van der Waals surface area contributed by atoms with Gasteiger partial charge in [-0.25, -0.2) is 13.2 Å². The third-order valence-corrected chi connectivity index (χ3v) is 6.00. The molecule has 0 atom stereocenters. The first-order chi connectivity index (χ1) is 15.8. The van der Waals surface area contributed by atoms with E-state index < -0.39 is 21.9 Å². The fourth-order valence-electron chi connectivity index (χ4n) is 3.05.